The molecule has 1 aliphatic heterocycles. The predicted molar refractivity (Wildman–Crippen MR) is 124 cm³/mol. The second-order valence-electron chi connectivity index (χ2n) is 8.75. The van der Waals surface area contributed by atoms with E-state index < -0.39 is 23.5 Å². The number of rotatable bonds is 6. The number of hydrogen-bond donors (Lipinski definition) is 0. The van der Waals surface area contributed by atoms with Crippen LogP contribution in [0.25, 0.3) is 11.3 Å². The first kappa shape index (κ1) is 25.2. The average Bonchev–Trinajstić information content (AvgIpc) is 3.52. The van der Waals surface area contributed by atoms with Crippen LogP contribution in [0.15, 0.2) is 76.7 Å². The Morgan fingerprint density at radius 2 is 1.71 bits per heavy atom. The van der Waals surface area contributed by atoms with Crippen molar-refractivity contribution in [1.82, 2.24) is 5.16 Å². The zero-order valence-corrected chi connectivity index (χ0v) is 21.9. The monoisotopic (exact) mass is 480 g/mol. The van der Waals surface area contributed by atoms with Gasteiger partial charge in [0.2, 0.25) is 5.91 Å². The van der Waals surface area contributed by atoms with Gasteiger partial charge >= 0.3 is 29.6 Å². The van der Waals surface area contributed by atoms with Crippen molar-refractivity contribution >= 4 is 17.4 Å². The van der Waals surface area contributed by atoms with Crippen molar-refractivity contribution in [3.05, 3.63) is 77.8 Å². The summed E-state index contributed by atoms with van der Waals surface area (Å²) in [5, 5.41) is 17.2. The number of ether oxygens (including phenoxy) is 1. The number of carbonyl (C=O) groups excluding carboxylic acids is 2. The van der Waals surface area contributed by atoms with Crippen LogP contribution in [0, 0.1) is 5.92 Å². The van der Waals surface area contributed by atoms with Crippen LogP contribution in [0.1, 0.15) is 42.5 Å². The van der Waals surface area contributed by atoms with Crippen LogP contribution in [0.2, 0.25) is 0 Å². The van der Waals surface area contributed by atoms with E-state index in [0.717, 1.165) is 37.7 Å². The van der Waals surface area contributed by atoms with E-state index in [1.807, 2.05) is 12.1 Å². The van der Waals surface area contributed by atoms with Gasteiger partial charge in [0.15, 0.2) is 5.78 Å². The minimum Gasteiger partial charge on any atom is -0.868 e. The van der Waals surface area contributed by atoms with Gasteiger partial charge < -0.3 is 19.3 Å². The summed E-state index contributed by atoms with van der Waals surface area (Å²) in [6, 6.07) is 15.1. The van der Waals surface area contributed by atoms with Gasteiger partial charge in [0.25, 0.3) is 0 Å². The molecular weight excluding hydrogens is 455 g/mol. The number of aromatic nitrogens is 1. The first-order valence-corrected chi connectivity index (χ1v) is 11.5. The van der Waals surface area contributed by atoms with Crippen LogP contribution in [0.3, 0.4) is 0 Å². The molecule has 0 saturated heterocycles. The van der Waals surface area contributed by atoms with E-state index in [1.165, 1.54) is 11.2 Å². The van der Waals surface area contributed by atoms with Gasteiger partial charge in [-0.2, -0.15) is 0 Å². The molecule has 35 heavy (non-hydrogen) atoms. The quantitative estimate of drug-likeness (QED) is 0.388. The van der Waals surface area contributed by atoms with E-state index in [0.29, 0.717) is 22.7 Å². The van der Waals surface area contributed by atoms with Crippen LogP contribution in [0.4, 0.5) is 5.69 Å². The molecule has 0 radical (unpaired) electrons. The molecule has 1 fully saturated rings. The van der Waals surface area contributed by atoms with Crippen LogP contribution in [-0.4, -0.2) is 30.0 Å². The van der Waals surface area contributed by atoms with E-state index >= 15 is 0 Å². The number of hydrogen-bond acceptors (Lipinski definition) is 6. The summed E-state index contributed by atoms with van der Waals surface area (Å²) < 4.78 is 10.1. The second-order valence-corrected chi connectivity index (χ2v) is 8.75. The molecule has 1 aliphatic carbocycles. The summed E-state index contributed by atoms with van der Waals surface area (Å²) in [5.41, 5.74) is 2.56. The average molecular weight is 480 g/mol. The SMILES string of the molecule is COc1ccc(C(=O)C2=C([O-])C(=O)N(c3ccc(-c4ccon4)cc3)C2C2CCCCC2)cc1.[Na+]. The number of Topliss-reactive ketones (excluding diaryl/α,β-unsaturated/α-hetero) is 1. The Morgan fingerprint density at radius 3 is 2.31 bits per heavy atom. The van der Waals surface area contributed by atoms with Gasteiger partial charge in [0.05, 0.1) is 13.2 Å². The summed E-state index contributed by atoms with van der Waals surface area (Å²) >= 11 is 0. The largest absolute Gasteiger partial charge is 1.00 e. The van der Waals surface area contributed by atoms with Gasteiger partial charge in [-0.05, 0) is 60.9 Å². The molecule has 2 aliphatic rings. The zero-order chi connectivity index (χ0) is 23.7. The standard InChI is InChI=1S/C27H26N2O5.Na/c1-33-21-13-9-19(10-14-21)25(30)23-24(18-5-3-2-4-6-18)29(27(32)26(23)31)20-11-7-17(8-12-20)22-15-16-34-28-22;/h7-16,18,24,31H,2-6H2,1H3;/q;+1/p-1. The minimum absolute atomic E-state index is 0. The molecule has 1 amide bonds. The molecule has 0 N–H and O–H groups in total. The molecule has 7 nitrogen and oxygen atoms in total. The molecule has 1 atom stereocenters. The van der Waals surface area contributed by atoms with Crippen molar-refractivity contribution in [2.24, 2.45) is 5.92 Å². The third kappa shape index (κ3) is 4.81. The topological polar surface area (TPSA) is 95.7 Å². The summed E-state index contributed by atoms with van der Waals surface area (Å²) in [6.07, 6.45) is 6.41. The molecule has 0 bridgehead atoms. The molecule has 0 spiro atoms. The Kier molecular flexibility index (Phi) is 7.79. The van der Waals surface area contributed by atoms with Crippen LogP contribution in [-0.2, 0) is 4.79 Å². The first-order valence-electron chi connectivity index (χ1n) is 11.5. The number of ketones is 1. The molecular formula is C27H25N2NaO5. The molecule has 3 aromatic rings. The van der Waals surface area contributed by atoms with Crippen LogP contribution >= 0.6 is 0 Å². The smallest absolute Gasteiger partial charge is 0.868 e. The van der Waals surface area contributed by atoms with E-state index in [-0.39, 0.29) is 41.0 Å². The Labute approximate surface area is 226 Å². The summed E-state index contributed by atoms with van der Waals surface area (Å²) in [4.78, 5) is 28.4. The van der Waals surface area contributed by atoms with Gasteiger partial charge in [0.1, 0.15) is 17.7 Å². The normalized spacial score (nSPS) is 18.5. The maximum atomic E-state index is 13.5. The summed E-state index contributed by atoms with van der Waals surface area (Å²) in [7, 11) is 1.55. The van der Waals surface area contributed by atoms with Crippen molar-refractivity contribution in [3.8, 4) is 17.0 Å². The maximum absolute atomic E-state index is 13.5. The van der Waals surface area contributed by atoms with Gasteiger partial charge in [-0.1, -0.05) is 36.6 Å². The van der Waals surface area contributed by atoms with Crippen molar-refractivity contribution in [2.75, 3.05) is 12.0 Å². The molecule has 2 heterocycles. The van der Waals surface area contributed by atoms with Gasteiger partial charge in [0, 0.05) is 28.5 Å². The van der Waals surface area contributed by atoms with Crippen molar-refractivity contribution in [3.63, 3.8) is 0 Å². The second kappa shape index (κ2) is 10.8. The van der Waals surface area contributed by atoms with Gasteiger partial charge in [-0.25, -0.2) is 0 Å². The third-order valence-corrected chi connectivity index (χ3v) is 6.80. The molecule has 2 aromatic carbocycles. The number of anilines is 1. The number of methoxy groups -OCH3 is 1. The molecule has 1 unspecified atom stereocenters. The van der Waals surface area contributed by atoms with E-state index in [2.05, 4.69) is 5.16 Å². The predicted octanol–water partition coefficient (Wildman–Crippen LogP) is 1.15. The minimum atomic E-state index is -0.711. The fourth-order valence-electron chi connectivity index (χ4n) is 5.08. The molecule has 5 rings (SSSR count). The van der Waals surface area contributed by atoms with Crippen molar-refractivity contribution in [1.29, 1.82) is 0 Å². The van der Waals surface area contributed by atoms with E-state index in [9.17, 15) is 14.7 Å². The summed E-state index contributed by atoms with van der Waals surface area (Å²) in [5.74, 6) is -1.08. The zero-order valence-electron chi connectivity index (χ0n) is 19.9. The van der Waals surface area contributed by atoms with Crippen molar-refractivity contribution in [2.45, 2.75) is 38.1 Å². The van der Waals surface area contributed by atoms with Crippen LogP contribution in [0.5, 0.6) is 5.75 Å². The number of carbonyl (C=O) groups is 2. The Morgan fingerprint density at radius 1 is 1.03 bits per heavy atom. The molecule has 1 aromatic heterocycles. The van der Waals surface area contributed by atoms with E-state index in [4.69, 9.17) is 9.26 Å². The number of nitrogens with zero attached hydrogens (tertiary/aromatic N) is 2. The molecule has 1 saturated carbocycles. The van der Waals surface area contributed by atoms with Crippen LogP contribution < -0.4 is 44.3 Å². The Hall–Kier alpha value is -2.87. The number of benzene rings is 2. The van der Waals surface area contributed by atoms with Gasteiger partial charge in [-0.15, -0.1) is 0 Å². The Bertz CT molecular complexity index is 1210. The third-order valence-electron chi connectivity index (χ3n) is 6.80. The fraction of sp³-hybridized carbons (Fsp3) is 0.296. The summed E-state index contributed by atoms with van der Waals surface area (Å²) in [6.45, 7) is 0. The molecule has 8 heteroatoms. The first-order chi connectivity index (χ1) is 16.6. The Balaban J connectivity index is 0.00000289. The van der Waals surface area contributed by atoms with E-state index in [1.54, 1.807) is 49.6 Å². The molecule has 174 valence electrons. The van der Waals surface area contributed by atoms with Crippen molar-refractivity contribution < 1.29 is 53.5 Å². The van der Waals surface area contributed by atoms with Gasteiger partial charge in [-0.3, -0.25) is 9.59 Å². The fourth-order valence-corrected chi connectivity index (χ4v) is 5.08. The maximum Gasteiger partial charge on any atom is 1.00 e. The number of amides is 1.